The van der Waals surface area contributed by atoms with Gasteiger partial charge in [0, 0.05) is 28.9 Å². The molecule has 1 atom stereocenters. The Morgan fingerprint density at radius 2 is 1.85 bits per heavy atom. The van der Waals surface area contributed by atoms with Crippen LogP contribution in [0, 0.1) is 0 Å². The highest BCUT2D eigenvalue weighted by molar-refractivity contribution is 6.05. The molecule has 0 aliphatic heterocycles. The predicted molar refractivity (Wildman–Crippen MR) is 124 cm³/mol. The second-order valence-electron chi connectivity index (χ2n) is 7.26. The molecular formula is C24H21N5O4. The van der Waals surface area contributed by atoms with E-state index in [1.807, 2.05) is 25.1 Å². The van der Waals surface area contributed by atoms with Crippen molar-refractivity contribution in [1.29, 1.82) is 0 Å². The Kier molecular flexibility index (Phi) is 6.12. The molecule has 3 N–H and O–H groups in total. The van der Waals surface area contributed by atoms with Crippen LogP contribution in [0.1, 0.15) is 39.2 Å². The molecule has 166 valence electrons. The number of para-hydroxylation sites is 1. The SMILES string of the molecule is COc1cc(C(=O)Nc2cccc([C@@H](C)Nc3ncnc4c(C(=O)O)cccc34)c2)ccn1. The highest BCUT2D eigenvalue weighted by Gasteiger charge is 2.15. The predicted octanol–water partition coefficient (Wildman–Crippen LogP) is 4.16. The largest absolute Gasteiger partial charge is 0.481 e. The molecule has 2 heterocycles. The van der Waals surface area contributed by atoms with Gasteiger partial charge in [0.1, 0.15) is 12.1 Å². The van der Waals surface area contributed by atoms with Crippen LogP contribution in [0.5, 0.6) is 5.88 Å². The monoisotopic (exact) mass is 443 g/mol. The Morgan fingerprint density at radius 1 is 1.03 bits per heavy atom. The Bertz CT molecular complexity index is 1340. The normalized spacial score (nSPS) is 11.6. The van der Waals surface area contributed by atoms with Crippen molar-refractivity contribution in [2.75, 3.05) is 17.7 Å². The lowest BCUT2D eigenvalue weighted by Gasteiger charge is -2.17. The summed E-state index contributed by atoms with van der Waals surface area (Å²) < 4.78 is 5.07. The van der Waals surface area contributed by atoms with E-state index in [-0.39, 0.29) is 17.5 Å². The van der Waals surface area contributed by atoms with Gasteiger partial charge in [-0.2, -0.15) is 0 Å². The zero-order valence-corrected chi connectivity index (χ0v) is 17.9. The molecule has 2 aromatic carbocycles. The third kappa shape index (κ3) is 4.72. The number of carbonyl (C=O) groups is 2. The minimum absolute atomic E-state index is 0.114. The number of nitrogens with zero attached hydrogens (tertiary/aromatic N) is 3. The van der Waals surface area contributed by atoms with Crippen molar-refractivity contribution in [3.8, 4) is 5.88 Å². The number of nitrogens with one attached hydrogen (secondary N) is 2. The molecular weight excluding hydrogens is 422 g/mol. The highest BCUT2D eigenvalue weighted by atomic mass is 16.5. The number of carboxylic acid groups (broad SMARTS) is 1. The Morgan fingerprint density at radius 3 is 2.64 bits per heavy atom. The van der Waals surface area contributed by atoms with Crippen LogP contribution in [0.3, 0.4) is 0 Å². The topological polar surface area (TPSA) is 126 Å². The number of methoxy groups -OCH3 is 1. The number of amides is 1. The average Bonchev–Trinajstić information content (AvgIpc) is 2.84. The molecule has 0 radical (unpaired) electrons. The fraction of sp³-hybridized carbons (Fsp3) is 0.125. The first-order chi connectivity index (χ1) is 16.0. The number of carboxylic acids is 1. The van der Waals surface area contributed by atoms with E-state index >= 15 is 0 Å². The van der Waals surface area contributed by atoms with Gasteiger partial charge in [-0.1, -0.05) is 18.2 Å². The van der Waals surface area contributed by atoms with Gasteiger partial charge in [-0.05, 0) is 42.8 Å². The van der Waals surface area contributed by atoms with Crippen molar-refractivity contribution in [1.82, 2.24) is 15.0 Å². The standard InChI is InChI=1S/C24H21N5O4/c1-14(28-22-18-7-4-8-19(24(31)32)21(18)26-13-27-22)15-5-3-6-17(11-15)29-23(30)16-9-10-25-20(12-16)33-2/h3-14H,1-2H3,(H,29,30)(H,31,32)(H,26,27,28)/t14-/m1/s1. The van der Waals surface area contributed by atoms with Crippen molar-refractivity contribution in [3.05, 3.63) is 83.8 Å². The maximum absolute atomic E-state index is 12.6. The third-order valence-corrected chi connectivity index (χ3v) is 5.10. The highest BCUT2D eigenvalue weighted by Crippen LogP contribution is 2.27. The van der Waals surface area contributed by atoms with E-state index < -0.39 is 5.97 Å². The maximum atomic E-state index is 12.6. The molecule has 1 amide bonds. The van der Waals surface area contributed by atoms with Crippen LogP contribution in [0.25, 0.3) is 10.9 Å². The summed E-state index contributed by atoms with van der Waals surface area (Å²) in [6.45, 7) is 1.95. The summed E-state index contributed by atoms with van der Waals surface area (Å²) in [5.41, 5.74) is 2.44. The van der Waals surface area contributed by atoms with E-state index in [2.05, 4.69) is 25.6 Å². The van der Waals surface area contributed by atoms with Crippen molar-refractivity contribution in [2.24, 2.45) is 0 Å². The zero-order valence-electron chi connectivity index (χ0n) is 17.9. The van der Waals surface area contributed by atoms with Gasteiger partial charge in [0.15, 0.2) is 0 Å². The average molecular weight is 443 g/mol. The first kappa shape index (κ1) is 21.7. The molecule has 0 aliphatic rings. The molecule has 33 heavy (non-hydrogen) atoms. The number of rotatable bonds is 7. The first-order valence-electron chi connectivity index (χ1n) is 10.1. The first-order valence-corrected chi connectivity index (χ1v) is 10.1. The number of carbonyl (C=O) groups excluding carboxylic acids is 1. The van der Waals surface area contributed by atoms with Gasteiger partial charge in [-0.25, -0.2) is 19.7 Å². The molecule has 0 unspecified atom stereocenters. The minimum atomic E-state index is -1.05. The summed E-state index contributed by atoms with van der Waals surface area (Å²) in [7, 11) is 1.49. The van der Waals surface area contributed by atoms with Gasteiger partial charge in [0.25, 0.3) is 5.91 Å². The van der Waals surface area contributed by atoms with Crippen LogP contribution >= 0.6 is 0 Å². The molecule has 4 rings (SSSR count). The van der Waals surface area contributed by atoms with Crippen molar-refractivity contribution < 1.29 is 19.4 Å². The Balaban J connectivity index is 1.55. The van der Waals surface area contributed by atoms with Crippen LogP contribution in [-0.4, -0.2) is 39.0 Å². The number of aromatic carboxylic acids is 1. The molecule has 0 aliphatic carbocycles. The molecule has 0 bridgehead atoms. The summed E-state index contributed by atoms with van der Waals surface area (Å²) in [5.74, 6) is -0.448. The van der Waals surface area contributed by atoms with E-state index in [9.17, 15) is 14.7 Å². The van der Waals surface area contributed by atoms with Gasteiger partial charge in [-0.3, -0.25) is 4.79 Å². The number of aromatic nitrogens is 3. The lowest BCUT2D eigenvalue weighted by atomic mass is 10.1. The van der Waals surface area contributed by atoms with E-state index in [0.717, 1.165) is 5.56 Å². The number of benzene rings is 2. The third-order valence-electron chi connectivity index (χ3n) is 5.10. The van der Waals surface area contributed by atoms with E-state index in [1.165, 1.54) is 25.7 Å². The molecule has 9 nitrogen and oxygen atoms in total. The van der Waals surface area contributed by atoms with Gasteiger partial charge in [0.2, 0.25) is 5.88 Å². The molecule has 0 saturated heterocycles. The molecule has 9 heteroatoms. The summed E-state index contributed by atoms with van der Waals surface area (Å²) in [4.78, 5) is 36.6. The fourth-order valence-corrected chi connectivity index (χ4v) is 3.41. The summed E-state index contributed by atoms with van der Waals surface area (Å²) in [6.07, 6.45) is 2.85. The van der Waals surface area contributed by atoms with Gasteiger partial charge < -0.3 is 20.5 Å². The summed E-state index contributed by atoms with van der Waals surface area (Å²) in [6, 6.07) is 15.4. The maximum Gasteiger partial charge on any atom is 0.337 e. The summed E-state index contributed by atoms with van der Waals surface area (Å²) >= 11 is 0. The molecule has 0 saturated carbocycles. The summed E-state index contributed by atoms with van der Waals surface area (Å²) in [5, 5.41) is 16.2. The number of hydrogen-bond donors (Lipinski definition) is 3. The quantitative estimate of drug-likeness (QED) is 0.389. The number of pyridine rings is 1. The number of fused-ring (bicyclic) bond motifs is 1. The molecule has 2 aromatic heterocycles. The second kappa shape index (κ2) is 9.31. The molecule has 0 spiro atoms. The van der Waals surface area contributed by atoms with Gasteiger partial charge >= 0.3 is 5.97 Å². The lowest BCUT2D eigenvalue weighted by Crippen LogP contribution is -2.13. The Labute approximate surface area is 189 Å². The van der Waals surface area contributed by atoms with E-state index in [4.69, 9.17) is 4.74 Å². The smallest absolute Gasteiger partial charge is 0.337 e. The lowest BCUT2D eigenvalue weighted by molar-refractivity contribution is 0.0698. The second-order valence-corrected chi connectivity index (χ2v) is 7.26. The van der Waals surface area contributed by atoms with E-state index in [1.54, 1.807) is 30.3 Å². The molecule has 0 fully saturated rings. The number of hydrogen-bond acceptors (Lipinski definition) is 7. The number of ether oxygens (including phenoxy) is 1. The van der Waals surface area contributed by atoms with Crippen molar-refractivity contribution in [3.63, 3.8) is 0 Å². The van der Waals surface area contributed by atoms with Crippen LogP contribution in [-0.2, 0) is 0 Å². The van der Waals surface area contributed by atoms with Crippen molar-refractivity contribution in [2.45, 2.75) is 13.0 Å². The van der Waals surface area contributed by atoms with Crippen LogP contribution in [0.4, 0.5) is 11.5 Å². The van der Waals surface area contributed by atoms with Crippen molar-refractivity contribution >= 4 is 34.3 Å². The van der Waals surface area contributed by atoms with Gasteiger partial charge in [-0.15, -0.1) is 0 Å². The molecule has 4 aromatic rings. The minimum Gasteiger partial charge on any atom is -0.481 e. The van der Waals surface area contributed by atoms with E-state index in [0.29, 0.717) is 33.9 Å². The zero-order chi connectivity index (χ0) is 23.4. The van der Waals surface area contributed by atoms with Crippen LogP contribution in [0.2, 0.25) is 0 Å². The van der Waals surface area contributed by atoms with Crippen LogP contribution < -0.4 is 15.4 Å². The van der Waals surface area contributed by atoms with Gasteiger partial charge in [0.05, 0.1) is 24.2 Å². The van der Waals surface area contributed by atoms with Crippen LogP contribution in [0.15, 0.2) is 67.1 Å². The number of anilines is 2. The fourth-order valence-electron chi connectivity index (χ4n) is 3.41. The Hall–Kier alpha value is -4.53.